The van der Waals surface area contributed by atoms with Gasteiger partial charge < -0.3 is 30.0 Å². The molecule has 1 heterocycles. The maximum atomic E-state index is 14.8. The molecular weight excluding hydrogens is 471 g/mol. The number of carboxylic acid groups (broad SMARTS) is 1. The summed E-state index contributed by atoms with van der Waals surface area (Å²) in [4.78, 5) is 37.3. The molecule has 1 aromatic carbocycles. The predicted octanol–water partition coefficient (Wildman–Crippen LogP) is 3.15. The molecule has 2 amide bonds. The Morgan fingerprint density at radius 2 is 1.83 bits per heavy atom. The van der Waals surface area contributed by atoms with E-state index < -0.39 is 35.1 Å². The van der Waals surface area contributed by atoms with Crippen LogP contribution in [0.1, 0.15) is 63.7 Å². The van der Waals surface area contributed by atoms with Crippen molar-refractivity contribution in [3.8, 4) is 11.5 Å². The first-order chi connectivity index (χ1) is 16.8. The van der Waals surface area contributed by atoms with Gasteiger partial charge in [0.25, 0.3) is 5.91 Å². The van der Waals surface area contributed by atoms with Crippen LogP contribution in [0.2, 0.25) is 0 Å². The van der Waals surface area contributed by atoms with Crippen molar-refractivity contribution >= 4 is 17.8 Å². The van der Waals surface area contributed by atoms with Crippen LogP contribution in [0, 0.1) is 22.6 Å². The molecule has 3 N–H and O–H groups in total. The lowest BCUT2D eigenvalue weighted by Crippen LogP contribution is -2.47. The zero-order chi connectivity index (χ0) is 26.7. The van der Waals surface area contributed by atoms with Crippen LogP contribution in [0.15, 0.2) is 12.1 Å². The van der Waals surface area contributed by atoms with Crippen molar-refractivity contribution in [2.24, 2.45) is 16.7 Å². The van der Waals surface area contributed by atoms with E-state index >= 15 is 0 Å². The first-order valence-electron chi connectivity index (χ1n) is 12.3. The summed E-state index contributed by atoms with van der Waals surface area (Å²) >= 11 is 0. The van der Waals surface area contributed by atoms with Gasteiger partial charge >= 0.3 is 5.97 Å². The molecule has 0 unspecified atom stereocenters. The Kier molecular flexibility index (Phi) is 8.48. The van der Waals surface area contributed by atoms with Gasteiger partial charge in [-0.1, -0.05) is 20.8 Å². The van der Waals surface area contributed by atoms with Crippen LogP contribution in [-0.2, 0) is 14.3 Å². The number of rotatable bonds is 8. The SMILES string of the molecule is COc1cc(F)c(OC2CCC(C)(C(=O)O)CC2)cc1C(=O)N[C@@H]1COC[C@@H]1C(=O)NCC(C)(C)C. The largest absolute Gasteiger partial charge is 0.496 e. The number of hydrogen-bond donors (Lipinski definition) is 3. The number of ether oxygens (including phenoxy) is 3. The molecular formula is C26H37FN2O7. The Morgan fingerprint density at radius 3 is 2.42 bits per heavy atom. The van der Waals surface area contributed by atoms with Gasteiger partial charge in [-0.3, -0.25) is 14.4 Å². The van der Waals surface area contributed by atoms with Crippen molar-refractivity contribution in [1.29, 1.82) is 0 Å². The molecule has 36 heavy (non-hydrogen) atoms. The number of hydrogen-bond acceptors (Lipinski definition) is 6. The highest BCUT2D eigenvalue weighted by atomic mass is 19.1. The van der Waals surface area contributed by atoms with Gasteiger partial charge in [0.1, 0.15) is 5.75 Å². The number of aliphatic carboxylic acids is 1. The molecule has 9 nitrogen and oxygen atoms in total. The van der Waals surface area contributed by atoms with Gasteiger partial charge in [-0.2, -0.15) is 0 Å². The molecule has 1 aliphatic heterocycles. The van der Waals surface area contributed by atoms with Gasteiger partial charge in [0, 0.05) is 12.6 Å². The van der Waals surface area contributed by atoms with E-state index in [1.54, 1.807) is 6.92 Å². The molecule has 1 aliphatic carbocycles. The van der Waals surface area contributed by atoms with Crippen molar-refractivity contribution in [1.82, 2.24) is 10.6 Å². The zero-order valence-electron chi connectivity index (χ0n) is 21.6. The fourth-order valence-electron chi connectivity index (χ4n) is 4.40. The second kappa shape index (κ2) is 11.0. The summed E-state index contributed by atoms with van der Waals surface area (Å²) in [7, 11) is 1.33. The molecule has 10 heteroatoms. The van der Waals surface area contributed by atoms with Crippen LogP contribution in [0.4, 0.5) is 4.39 Å². The number of amides is 2. The normalized spacial score (nSPS) is 26.2. The number of carboxylic acids is 1. The second-order valence-electron chi connectivity index (χ2n) is 11.2. The molecule has 2 fully saturated rings. The monoisotopic (exact) mass is 508 g/mol. The third-order valence-corrected chi connectivity index (χ3v) is 6.87. The van der Waals surface area contributed by atoms with Gasteiger partial charge in [0.05, 0.1) is 49.4 Å². The maximum Gasteiger partial charge on any atom is 0.309 e. The fourth-order valence-corrected chi connectivity index (χ4v) is 4.40. The van der Waals surface area contributed by atoms with Crippen LogP contribution in [0.25, 0.3) is 0 Å². The summed E-state index contributed by atoms with van der Waals surface area (Å²) in [5.74, 6) is -2.89. The molecule has 0 radical (unpaired) electrons. The van der Waals surface area contributed by atoms with Gasteiger partial charge in [0.15, 0.2) is 11.6 Å². The minimum absolute atomic E-state index is 0.0343. The van der Waals surface area contributed by atoms with Crippen LogP contribution in [0.3, 0.4) is 0 Å². The fraction of sp³-hybridized carbons (Fsp3) is 0.654. The lowest BCUT2D eigenvalue weighted by atomic mass is 9.75. The highest BCUT2D eigenvalue weighted by Gasteiger charge is 2.39. The summed E-state index contributed by atoms with van der Waals surface area (Å²) in [6, 6.07) is 1.83. The Bertz CT molecular complexity index is 983. The van der Waals surface area contributed by atoms with Crippen LogP contribution in [-0.4, -0.2) is 61.9 Å². The van der Waals surface area contributed by atoms with E-state index in [1.807, 2.05) is 20.8 Å². The van der Waals surface area contributed by atoms with E-state index in [1.165, 1.54) is 13.2 Å². The average molecular weight is 509 g/mol. The summed E-state index contributed by atoms with van der Waals surface area (Å²) < 4.78 is 31.3. The van der Waals surface area contributed by atoms with E-state index in [-0.39, 0.29) is 47.7 Å². The molecule has 2 aliphatic rings. The quantitative estimate of drug-likeness (QED) is 0.493. The first-order valence-corrected chi connectivity index (χ1v) is 12.3. The van der Waals surface area contributed by atoms with E-state index in [4.69, 9.17) is 14.2 Å². The summed E-state index contributed by atoms with van der Waals surface area (Å²) in [5.41, 5.74) is -0.834. The molecule has 2 atom stereocenters. The van der Waals surface area contributed by atoms with Crippen molar-refractivity contribution in [3.05, 3.63) is 23.5 Å². The van der Waals surface area contributed by atoms with Gasteiger partial charge in [-0.05, 0) is 44.1 Å². The predicted molar refractivity (Wildman–Crippen MR) is 130 cm³/mol. The van der Waals surface area contributed by atoms with E-state index in [2.05, 4.69) is 10.6 Å². The molecule has 1 saturated heterocycles. The Morgan fingerprint density at radius 1 is 1.17 bits per heavy atom. The first kappa shape index (κ1) is 27.7. The number of carbonyl (C=O) groups excluding carboxylic acids is 2. The number of methoxy groups -OCH3 is 1. The van der Waals surface area contributed by atoms with E-state index in [0.29, 0.717) is 32.2 Å². The molecule has 1 aromatic rings. The van der Waals surface area contributed by atoms with Crippen LogP contribution >= 0.6 is 0 Å². The molecule has 0 aromatic heterocycles. The molecule has 0 spiro atoms. The van der Waals surface area contributed by atoms with Crippen molar-refractivity contribution in [2.75, 3.05) is 26.9 Å². The molecule has 200 valence electrons. The lowest BCUT2D eigenvalue weighted by molar-refractivity contribution is -0.150. The number of benzene rings is 1. The number of carbonyl (C=O) groups is 3. The Labute approximate surface area is 211 Å². The topological polar surface area (TPSA) is 123 Å². The minimum atomic E-state index is -0.850. The van der Waals surface area contributed by atoms with Gasteiger partial charge in [0.2, 0.25) is 5.91 Å². The van der Waals surface area contributed by atoms with Gasteiger partial charge in [-0.25, -0.2) is 4.39 Å². The summed E-state index contributed by atoms with van der Waals surface area (Å²) in [6.45, 7) is 8.58. The molecule has 3 rings (SSSR count). The summed E-state index contributed by atoms with van der Waals surface area (Å²) in [6.07, 6.45) is 1.38. The minimum Gasteiger partial charge on any atom is -0.496 e. The van der Waals surface area contributed by atoms with Crippen molar-refractivity contribution in [3.63, 3.8) is 0 Å². The number of nitrogens with one attached hydrogen (secondary N) is 2. The summed E-state index contributed by atoms with van der Waals surface area (Å²) in [5, 5.41) is 15.1. The lowest BCUT2D eigenvalue weighted by Gasteiger charge is -2.34. The zero-order valence-corrected chi connectivity index (χ0v) is 21.6. The van der Waals surface area contributed by atoms with E-state index in [0.717, 1.165) is 6.07 Å². The third kappa shape index (κ3) is 6.66. The van der Waals surface area contributed by atoms with Crippen LogP contribution < -0.4 is 20.1 Å². The standard InChI is InChI=1S/C26H37FN2O7/c1-25(2,3)14-28-22(30)17-12-35-13-19(17)29-23(31)16-10-21(18(27)11-20(16)34-5)36-15-6-8-26(4,9-7-15)24(32)33/h10-11,15,17,19H,6-9,12-14H2,1-5H3,(H,28,30)(H,29,31)(H,32,33)/t15?,17-,19+,26?/m0/s1. The highest BCUT2D eigenvalue weighted by Crippen LogP contribution is 2.38. The molecule has 1 saturated carbocycles. The Balaban J connectivity index is 1.70. The Hall–Kier alpha value is -2.88. The maximum absolute atomic E-state index is 14.8. The van der Waals surface area contributed by atoms with Crippen molar-refractivity contribution < 1.29 is 38.1 Å². The van der Waals surface area contributed by atoms with E-state index in [9.17, 15) is 23.9 Å². The second-order valence-corrected chi connectivity index (χ2v) is 11.2. The average Bonchev–Trinajstić information content (AvgIpc) is 3.27. The highest BCUT2D eigenvalue weighted by molar-refractivity contribution is 5.98. The van der Waals surface area contributed by atoms with Crippen molar-refractivity contribution in [2.45, 2.75) is 65.5 Å². The van der Waals surface area contributed by atoms with Crippen LogP contribution in [0.5, 0.6) is 11.5 Å². The molecule has 0 bridgehead atoms. The number of halogens is 1. The van der Waals surface area contributed by atoms with Gasteiger partial charge in [-0.15, -0.1) is 0 Å². The third-order valence-electron chi connectivity index (χ3n) is 6.87. The smallest absolute Gasteiger partial charge is 0.309 e.